The Labute approximate surface area is 114 Å². The molecule has 1 heterocycles. The van der Waals surface area contributed by atoms with Crippen molar-refractivity contribution in [2.45, 2.75) is 68.6 Å². The molecular formula is C14H22N2OS. The molecule has 1 amide bonds. The van der Waals surface area contributed by atoms with E-state index in [1.54, 1.807) is 11.8 Å². The predicted octanol–water partition coefficient (Wildman–Crippen LogP) is 3.00. The molecule has 4 heteroatoms. The van der Waals surface area contributed by atoms with Gasteiger partial charge in [-0.25, -0.2) is 0 Å². The van der Waals surface area contributed by atoms with Crippen molar-refractivity contribution in [2.75, 3.05) is 5.75 Å². The third-order valence-corrected chi connectivity index (χ3v) is 5.38. The van der Waals surface area contributed by atoms with Crippen molar-refractivity contribution in [3.63, 3.8) is 0 Å². The Morgan fingerprint density at radius 3 is 2.44 bits per heavy atom. The first kappa shape index (κ1) is 13.7. The van der Waals surface area contributed by atoms with Gasteiger partial charge in [0.1, 0.15) is 5.54 Å². The molecule has 2 rings (SSSR count). The maximum Gasteiger partial charge on any atom is 0.234 e. The minimum Gasteiger partial charge on any atom is -0.337 e. The van der Waals surface area contributed by atoms with E-state index in [0.29, 0.717) is 0 Å². The van der Waals surface area contributed by atoms with Gasteiger partial charge < -0.3 is 5.32 Å². The van der Waals surface area contributed by atoms with Gasteiger partial charge in [-0.3, -0.25) is 4.79 Å². The molecule has 0 bridgehead atoms. The van der Waals surface area contributed by atoms with Gasteiger partial charge in [-0.15, -0.1) is 11.8 Å². The molecule has 1 saturated heterocycles. The van der Waals surface area contributed by atoms with Crippen molar-refractivity contribution >= 4 is 17.7 Å². The van der Waals surface area contributed by atoms with Crippen molar-refractivity contribution in [3.8, 4) is 6.07 Å². The Balaban J connectivity index is 1.96. The van der Waals surface area contributed by atoms with Crippen LogP contribution in [0.2, 0.25) is 0 Å². The number of nitrogens with zero attached hydrogens (tertiary/aromatic N) is 1. The molecule has 0 radical (unpaired) electrons. The largest absolute Gasteiger partial charge is 0.337 e. The van der Waals surface area contributed by atoms with Gasteiger partial charge in [0.05, 0.1) is 11.3 Å². The minimum absolute atomic E-state index is 0.0761. The minimum atomic E-state index is -0.578. The van der Waals surface area contributed by atoms with Crippen LogP contribution in [0.1, 0.15) is 57.8 Å². The lowest BCUT2D eigenvalue weighted by Gasteiger charge is -2.29. The molecule has 0 aromatic rings. The maximum absolute atomic E-state index is 12.3. The summed E-state index contributed by atoms with van der Waals surface area (Å²) in [6.45, 7) is 0. The summed E-state index contributed by atoms with van der Waals surface area (Å²) in [5.74, 6) is 1.18. The summed E-state index contributed by atoms with van der Waals surface area (Å²) in [6.07, 6.45) is 9.49. The molecule has 1 N–H and O–H groups in total. The van der Waals surface area contributed by atoms with Gasteiger partial charge in [0.2, 0.25) is 5.91 Å². The summed E-state index contributed by atoms with van der Waals surface area (Å²) in [5, 5.41) is 12.6. The second kappa shape index (κ2) is 6.47. The van der Waals surface area contributed by atoms with Crippen molar-refractivity contribution in [3.05, 3.63) is 0 Å². The fourth-order valence-corrected chi connectivity index (χ4v) is 4.06. The van der Waals surface area contributed by atoms with E-state index in [2.05, 4.69) is 11.4 Å². The van der Waals surface area contributed by atoms with Crippen LogP contribution in [0.15, 0.2) is 0 Å². The Hall–Kier alpha value is -0.690. The maximum atomic E-state index is 12.3. The van der Waals surface area contributed by atoms with E-state index < -0.39 is 5.54 Å². The molecule has 0 spiro atoms. The normalized spacial score (nSPS) is 27.8. The van der Waals surface area contributed by atoms with Crippen LogP contribution in [0.4, 0.5) is 0 Å². The van der Waals surface area contributed by atoms with E-state index in [0.717, 1.165) is 44.3 Å². The van der Waals surface area contributed by atoms with Gasteiger partial charge in [0.15, 0.2) is 0 Å². The summed E-state index contributed by atoms with van der Waals surface area (Å²) in [4.78, 5) is 12.3. The number of hydrogen-bond acceptors (Lipinski definition) is 3. The summed E-state index contributed by atoms with van der Waals surface area (Å²) in [7, 11) is 0. The van der Waals surface area contributed by atoms with Crippen LogP contribution in [0, 0.1) is 11.3 Å². The van der Waals surface area contributed by atoms with Crippen LogP contribution in [0.25, 0.3) is 0 Å². The van der Waals surface area contributed by atoms with E-state index in [4.69, 9.17) is 0 Å². The number of amides is 1. The zero-order valence-corrected chi connectivity index (χ0v) is 11.7. The molecule has 1 aliphatic carbocycles. The second-order valence-electron chi connectivity index (χ2n) is 5.45. The highest BCUT2D eigenvalue weighted by molar-refractivity contribution is 8.00. The highest BCUT2D eigenvalue weighted by Crippen LogP contribution is 2.29. The fraction of sp³-hybridized carbons (Fsp3) is 0.857. The monoisotopic (exact) mass is 266 g/mol. The van der Waals surface area contributed by atoms with E-state index >= 15 is 0 Å². The Kier molecular flexibility index (Phi) is 4.94. The average molecular weight is 266 g/mol. The summed E-state index contributed by atoms with van der Waals surface area (Å²) in [5.41, 5.74) is -0.578. The summed E-state index contributed by atoms with van der Waals surface area (Å²) >= 11 is 1.75. The third kappa shape index (κ3) is 3.41. The molecule has 3 nitrogen and oxygen atoms in total. The number of carbonyl (C=O) groups excluding carboxylic acids is 1. The Morgan fingerprint density at radius 1 is 1.17 bits per heavy atom. The van der Waals surface area contributed by atoms with Crippen molar-refractivity contribution < 1.29 is 4.79 Å². The Bertz CT molecular complexity index is 323. The van der Waals surface area contributed by atoms with Crippen molar-refractivity contribution in [1.82, 2.24) is 5.32 Å². The van der Waals surface area contributed by atoms with Crippen LogP contribution in [-0.2, 0) is 4.79 Å². The molecule has 1 unspecified atom stereocenters. The fourth-order valence-electron chi connectivity index (χ4n) is 2.86. The van der Waals surface area contributed by atoms with Crippen molar-refractivity contribution in [1.29, 1.82) is 5.26 Å². The molecule has 1 aliphatic heterocycles. The quantitative estimate of drug-likeness (QED) is 0.782. The third-order valence-electron chi connectivity index (χ3n) is 4.01. The highest BCUT2D eigenvalue weighted by Gasteiger charge is 2.35. The molecule has 100 valence electrons. The van der Waals surface area contributed by atoms with Crippen molar-refractivity contribution in [2.24, 2.45) is 0 Å². The predicted molar refractivity (Wildman–Crippen MR) is 74.3 cm³/mol. The lowest BCUT2D eigenvalue weighted by molar-refractivity contribution is -0.122. The average Bonchev–Trinajstić information content (AvgIpc) is 2.66. The van der Waals surface area contributed by atoms with Crippen LogP contribution in [-0.4, -0.2) is 22.4 Å². The molecule has 1 atom stereocenters. The number of rotatable bonds is 2. The SMILES string of the molecule is N#CC1(NC(=O)C2CCCCS2)CCCCCC1. The highest BCUT2D eigenvalue weighted by atomic mass is 32.2. The molecular weight excluding hydrogens is 244 g/mol. The van der Waals surface area contributed by atoms with Gasteiger partial charge in [0, 0.05) is 0 Å². The standard InChI is InChI=1S/C14H22N2OS/c15-11-14(8-4-1-2-5-9-14)16-13(17)12-7-3-6-10-18-12/h12H,1-10H2,(H,16,17). The van der Waals surface area contributed by atoms with Crippen LogP contribution in [0.5, 0.6) is 0 Å². The van der Waals surface area contributed by atoms with Crippen LogP contribution >= 0.6 is 11.8 Å². The summed E-state index contributed by atoms with van der Waals surface area (Å²) in [6, 6.07) is 2.39. The second-order valence-corrected chi connectivity index (χ2v) is 6.76. The van der Waals surface area contributed by atoms with Gasteiger partial charge in [0.25, 0.3) is 0 Å². The van der Waals surface area contributed by atoms with Gasteiger partial charge in [-0.1, -0.05) is 32.1 Å². The Morgan fingerprint density at radius 2 is 1.89 bits per heavy atom. The number of carbonyl (C=O) groups is 1. The molecule has 0 aromatic heterocycles. The number of hydrogen-bond donors (Lipinski definition) is 1. The number of nitriles is 1. The molecule has 1 saturated carbocycles. The molecule has 2 aliphatic rings. The van der Waals surface area contributed by atoms with E-state index in [1.165, 1.54) is 19.3 Å². The zero-order valence-electron chi connectivity index (χ0n) is 10.9. The van der Waals surface area contributed by atoms with Crippen LogP contribution in [0.3, 0.4) is 0 Å². The lowest BCUT2D eigenvalue weighted by Crippen LogP contribution is -2.50. The van der Waals surface area contributed by atoms with E-state index in [9.17, 15) is 10.1 Å². The topological polar surface area (TPSA) is 52.9 Å². The van der Waals surface area contributed by atoms with Gasteiger partial charge in [-0.05, 0) is 31.4 Å². The lowest BCUT2D eigenvalue weighted by atomic mass is 9.91. The number of nitrogens with one attached hydrogen (secondary N) is 1. The molecule has 0 aromatic carbocycles. The smallest absolute Gasteiger partial charge is 0.234 e. The zero-order chi connectivity index (χ0) is 12.8. The van der Waals surface area contributed by atoms with Crippen LogP contribution < -0.4 is 5.32 Å². The summed E-state index contributed by atoms with van der Waals surface area (Å²) < 4.78 is 0. The van der Waals surface area contributed by atoms with E-state index in [1.807, 2.05) is 0 Å². The molecule has 18 heavy (non-hydrogen) atoms. The first-order valence-electron chi connectivity index (χ1n) is 7.11. The van der Waals surface area contributed by atoms with Gasteiger partial charge >= 0.3 is 0 Å². The van der Waals surface area contributed by atoms with Gasteiger partial charge in [-0.2, -0.15) is 5.26 Å². The first-order chi connectivity index (χ1) is 8.76. The first-order valence-corrected chi connectivity index (χ1v) is 8.15. The van der Waals surface area contributed by atoms with E-state index in [-0.39, 0.29) is 11.2 Å². The molecule has 2 fully saturated rings. The number of thioether (sulfide) groups is 1.